The Kier molecular flexibility index (Phi) is 7.43. The highest BCUT2D eigenvalue weighted by Crippen LogP contribution is 2.13. The fourth-order valence-electron chi connectivity index (χ4n) is 1.58. The van der Waals surface area contributed by atoms with Crippen LogP contribution in [0.4, 0.5) is 0 Å². The van der Waals surface area contributed by atoms with E-state index in [-0.39, 0.29) is 0 Å². The molecular formula is C14H23NO2. The largest absolute Gasteiger partial charge is 0.494 e. The molecule has 0 heterocycles. The van der Waals surface area contributed by atoms with Crippen molar-refractivity contribution in [2.24, 2.45) is 0 Å². The zero-order valence-electron chi connectivity index (χ0n) is 10.9. The predicted molar refractivity (Wildman–Crippen MR) is 70.4 cm³/mol. The number of hydrogen-bond donors (Lipinski definition) is 1. The van der Waals surface area contributed by atoms with Crippen LogP contribution in [0.15, 0.2) is 24.3 Å². The molecule has 0 saturated carbocycles. The van der Waals surface area contributed by atoms with Crippen molar-refractivity contribution in [2.45, 2.75) is 26.4 Å². The molecule has 0 aromatic heterocycles. The highest BCUT2D eigenvalue weighted by atomic mass is 16.5. The van der Waals surface area contributed by atoms with Crippen LogP contribution in [0.2, 0.25) is 0 Å². The number of benzene rings is 1. The SMILES string of the molecule is CCCNCCCOc1cccc(COC)c1. The molecule has 0 bridgehead atoms. The van der Waals surface area contributed by atoms with Crippen molar-refractivity contribution < 1.29 is 9.47 Å². The van der Waals surface area contributed by atoms with E-state index in [2.05, 4.69) is 12.2 Å². The Labute approximate surface area is 104 Å². The number of ether oxygens (including phenoxy) is 2. The molecule has 0 aliphatic heterocycles. The Morgan fingerprint density at radius 1 is 1.24 bits per heavy atom. The van der Waals surface area contributed by atoms with Gasteiger partial charge >= 0.3 is 0 Å². The normalized spacial score (nSPS) is 10.5. The van der Waals surface area contributed by atoms with E-state index in [9.17, 15) is 0 Å². The molecule has 0 saturated heterocycles. The molecular weight excluding hydrogens is 214 g/mol. The van der Waals surface area contributed by atoms with Crippen LogP contribution in [0.1, 0.15) is 25.3 Å². The number of methoxy groups -OCH3 is 1. The molecule has 3 heteroatoms. The highest BCUT2D eigenvalue weighted by molar-refractivity contribution is 5.28. The van der Waals surface area contributed by atoms with Gasteiger partial charge < -0.3 is 14.8 Å². The van der Waals surface area contributed by atoms with Gasteiger partial charge in [0, 0.05) is 7.11 Å². The molecule has 96 valence electrons. The molecule has 0 amide bonds. The molecule has 0 aliphatic rings. The summed E-state index contributed by atoms with van der Waals surface area (Å²) in [5.41, 5.74) is 1.15. The first-order valence-corrected chi connectivity index (χ1v) is 6.28. The predicted octanol–water partition coefficient (Wildman–Crippen LogP) is 2.60. The topological polar surface area (TPSA) is 30.5 Å². The van der Waals surface area contributed by atoms with Crippen molar-refractivity contribution in [1.29, 1.82) is 0 Å². The van der Waals surface area contributed by atoms with Crippen LogP contribution in [0.25, 0.3) is 0 Å². The average molecular weight is 237 g/mol. The van der Waals surface area contributed by atoms with E-state index in [1.54, 1.807) is 7.11 Å². The van der Waals surface area contributed by atoms with E-state index >= 15 is 0 Å². The second-order valence-electron chi connectivity index (χ2n) is 4.03. The van der Waals surface area contributed by atoms with Crippen molar-refractivity contribution in [2.75, 3.05) is 26.8 Å². The zero-order valence-corrected chi connectivity index (χ0v) is 10.9. The summed E-state index contributed by atoms with van der Waals surface area (Å²) in [4.78, 5) is 0. The molecule has 0 radical (unpaired) electrons. The van der Waals surface area contributed by atoms with E-state index in [1.165, 1.54) is 6.42 Å². The summed E-state index contributed by atoms with van der Waals surface area (Å²) < 4.78 is 10.8. The van der Waals surface area contributed by atoms with Gasteiger partial charge in [-0.25, -0.2) is 0 Å². The molecule has 0 fully saturated rings. The summed E-state index contributed by atoms with van der Waals surface area (Å²) >= 11 is 0. The van der Waals surface area contributed by atoms with Gasteiger partial charge in [-0.2, -0.15) is 0 Å². The van der Waals surface area contributed by atoms with Gasteiger partial charge in [-0.1, -0.05) is 19.1 Å². The van der Waals surface area contributed by atoms with Gasteiger partial charge in [-0.3, -0.25) is 0 Å². The molecule has 3 nitrogen and oxygen atoms in total. The van der Waals surface area contributed by atoms with Gasteiger partial charge in [0.2, 0.25) is 0 Å². The lowest BCUT2D eigenvalue weighted by Gasteiger charge is -2.08. The summed E-state index contributed by atoms with van der Waals surface area (Å²) in [6, 6.07) is 8.06. The van der Waals surface area contributed by atoms with E-state index in [0.717, 1.165) is 37.4 Å². The van der Waals surface area contributed by atoms with E-state index in [1.807, 2.05) is 24.3 Å². The van der Waals surface area contributed by atoms with Crippen LogP contribution in [0.5, 0.6) is 5.75 Å². The first-order valence-electron chi connectivity index (χ1n) is 6.28. The Balaban J connectivity index is 2.19. The second-order valence-corrected chi connectivity index (χ2v) is 4.03. The maximum absolute atomic E-state index is 5.68. The lowest BCUT2D eigenvalue weighted by Crippen LogP contribution is -2.18. The van der Waals surface area contributed by atoms with E-state index < -0.39 is 0 Å². The minimum atomic E-state index is 0.634. The van der Waals surface area contributed by atoms with Gasteiger partial charge in [0.05, 0.1) is 13.2 Å². The Bertz CT molecular complexity index is 302. The number of rotatable bonds is 9. The first kappa shape index (κ1) is 14.0. The smallest absolute Gasteiger partial charge is 0.119 e. The molecule has 1 aromatic carbocycles. The van der Waals surface area contributed by atoms with Crippen LogP contribution in [0, 0.1) is 0 Å². The molecule has 1 N–H and O–H groups in total. The number of nitrogens with one attached hydrogen (secondary N) is 1. The molecule has 0 spiro atoms. The second kappa shape index (κ2) is 9.02. The van der Waals surface area contributed by atoms with Gasteiger partial charge in [0.15, 0.2) is 0 Å². The monoisotopic (exact) mass is 237 g/mol. The van der Waals surface area contributed by atoms with Gasteiger partial charge in [0.1, 0.15) is 5.75 Å². The summed E-state index contributed by atoms with van der Waals surface area (Å²) in [5, 5.41) is 3.35. The lowest BCUT2D eigenvalue weighted by molar-refractivity contribution is 0.184. The molecule has 0 atom stereocenters. The number of hydrogen-bond acceptors (Lipinski definition) is 3. The van der Waals surface area contributed by atoms with E-state index in [0.29, 0.717) is 6.61 Å². The Morgan fingerprint density at radius 3 is 2.88 bits per heavy atom. The van der Waals surface area contributed by atoms with Crippen molar-refractivity contribution in [3.8, 4) is 5.75 Å². The van der Waals surface area contributed by atoms with Crippen LogP contribution in [-0.2, 0) is 11.3 Å². The third-order valence-electron chi connectivity index (χ3n) is 2.40. The molecule has 1 aromatic rings. The summed E-state index contributed by atoms with van der Waals surface area (Å²) in [6.07, 6.45) is 2.22. The highest BCUT2D eigenvalue weighted by Gasteiger charge is 1.96. The fourth-order valence-corrected chi connectivity index (χ4v) is 1.58. The molecule has 0 unspecified atom stereocenters. The minimum Gasteiger partial charge on any atom is -0.494 e. The quantitative estimate of drug-likeness (QED) is 0.670. The van der Waals surface area contributed by atoms with Crippen molar-refractivity contribution in [1.82, 2.24) is 5.32 Å². The first-order chi connectivity index (χ1) is 8.36. The third kappa shape index (κ3) is 6.29. The maximum Gasteiger partial charge on any atom is 0.119 e. The lowest BCUT2D eigenvalue weighted by atomic mass is 10.2. The zero-order chi connectivity index (χ0) is 12.3. The molecule has 17 heavy (non-hydrogen) atoms. The summed E-state index contributed by atoms with van der Waals surface area (Å²) in [7, 11) is 1.70. The van der Waals surface area contributed by atoms with E-state index in [4.69, 9.17) is 9.47 Å². The van der Waals surface area contributed by atoms with Crippen LogP contribution in [-0.4, -0.2) is 26.8 Å². The van der Waals surface area contributed by atoms with Gasteiger partial charge in [0.25, 0.3) is 0 Å². The van der Waals surface area contributed by atoms with Gasteiger partial charge in [-0.05, 0) is 43.6 Å². The standard InChI is InChI=1S/C14H23NO2/c1-3-8-15-9-5-10-17-14-7-4-6-13(11-14)12-16-2/h4,6-7,11,15H,3,5,8-10,12H2,1-2H3. The van der Waals surface area contributed by atoms with Crippen molar-refractivity contribution >= 4 is 0 Å². The van der Waals surface area contributed by atoms with Crippen molar-refractivity contribution in [3.63, 3.8) is 0 Å². The maximum atomic E-state index is 5.68. The fraction of sp³-hybridized carbons (Fsp3) is 0.571. The van der Waals surface area contributed by atoms with Gasteiger partial charge in [-0.15, -0.1) is 0 Å². The third-order valence-corrected chi connectivity index (χ3v) is 2.40. The molecule has 0 aliphatic carbocycles. The van der Waals surface area contributed by atoms with Crippen LogP contribution < -0.4 is 10.1 Å². The molecule has 1 rings (SSSR count). The minimum absolute atomic E-state index is 0.634. The Hall–Kier alpha value is -1.06. The summed E-state index contributed by atoms with van der Waals surface area (Å²) in [6.45, 7) is 5.67. The Morgan fingerprint density at radius 2 is 2.12 bits per heavy atom. The average Bonchev–Trinajstić information content (AvgIpc) is 2.35. The summed E-state index contributed by atoms with van der Waals surface area (Å²) in [5.74, 6) is 0.926. The van der Waals surface area contributed by atoms with Crippen LogP contribution in [0.3, 0.4) is 0 Å². The van der Waals surface area contributed by atoms with Crippen LogP contribution >= 0.6 is 0 Å². The van der Waals surface area contributed by atoms with Crippen molar-refractivity contribution in [3.05, 3.63) is 29.8 Å².